The number of terminal acetylenes is 1. The lowest BCUT2D eigenvalue weighted by molar-refractivity contribution is -0.142. The number of fused-ring (bicyclic) bond motifs is 1. The van der Waals surface area contributed by atoms with Gasteiger partial charge < -0.3 is 10.4 Å². The Morgan fingerprint density at radius 2 is 1.83 bits per heavy atom. The average Bonchev–Trinajstić information content (AvgIpc) is 2.78. The third-order valence-corrected chi connectivity index (χ3v) is 3.47. The van der Waals surface area contributed by atoms with Crippen LogP contribution < -0.4 is 5.32 Å². The van der Waals surface area contributed by atoms with Gasteiger partial charge in [0.15, 0.2) is 0 Å². The van der Waals surface area contributed by atoms with Crippen LogP contribution in [0, 0.1) is 12.3 Å². The van der Waals surface area contributed by atoms with Crippen LogP contribution in [0.5, 0.6) is 0 Å². The van der Waals surface area contributed by atoms with Crippen LogP contribution in [0.15, 0.2) is 36.4 Å². The van der Waals surface area contributed by atoms with Crippen LogP contribution in [0.3, 0.4) is 0 Å². The van der Waals surface area contributed by atoms with E-state index in [1.165, 1.54) is 6.08 Å². The fourth-order valence-electron chi connectivity index (χ4n) is 2.33. The first-order valence-electron chi connectivity index (χ1n) is 6.95. The maximum atomic E-state index is 12.2. The quantitative estimate of drug-likeness (QED) is 0.464. The molecule has 0 spiro atoms. The van der Waals surface area contributed by atoms with E-state index in [1.54, 1.807) is 24.3 Å². The van der Waals surface area contributed by atoms with Crippen molar-refractivity contribution >= 4 is 23.7 Å². The van der Waals surface area contributed by atoms with Crippen molar-refractivity contribution in [3.63, 3.8) is 0 Å². The molecule has 1 unspecified atom stereocenters. The number of benzene rings is 1. The molecule has 1 aliphatic rings. The van der Waals surface area contributed by atoms with Gasteiger partial charge in [-0.1, -0.05) is 24.1 Å². The summed E-state index contributed by atoms with van der Waals surface area (Å²) < 4.78 is 0. The van der Waals surface area contributed by atoms with E-state index < -0.39 is 29.2 Å². The molecular formula is C17H14N2O5. The van der Waals surface area contributed by atoms with E-state index in [4.69, 9.17) is 6.42 Å². The van der Waals surface area contributed by atoms with Crippen molar-refractivity contribution < 1.29 is 24.3 Å². The number of rotatable bonds is 5. The molecule has 24 heavy (non-hydrogen) atoms. The molecule has 0 bridgehead atoms. The SMILES string of the molecule is C#CC(C=CCN1C(=O)c2ccccc2C1=O)(NC(C)=O)C(=O)O. The lowest BCUT2D eigenvalue weighted by Gasteiger charge is -2.21. The second kappa shape index (κ2) is 6.38. The fraction of sp³-hybridized carbons (Fsp3) is 0.176. The highest BCUT2D eigenvalue weighted by molar-refractivity contribution is 6.21. The zero-order valence-corrected chi connectivity index (χ0v) is 12.8. The van der Waals surface area contributed by atoms with Crippen molar-refractivity contribution in [2.45, 2.75) is 12.5 Å². The van der Waals surface area contributed by atoms with Crippen LogP contribution in [0.25, 0.3) is 0 Å². The van der Waals surface area contributed by atoms with E-state index in [9.17, 15) is 24.3 Å². The number of imide groups is 1. The minimum absolute atomic E-state index is 0.164. The molecule has 2 N–H and O–H groups in total. The Bertz CT molecular complexity index is 770. The summed E-state index contributed by atoms with van der Waals surface area (Å²) in [7, 11) is 0. The van der Waals surface area contributed by atoms with Crippen molar-refractivity contribution in [3.8, 4) is 12.3 Å². The third kappa shape index (κ3) is 2.90. The molecule has 1 aromatic carbocycles. The van der Waals surface area contributed by atoms with Crippen molar-refractivity contribution in [2.24, 2.45) is 0 Å². The van der Waals surface area contributed by atoms with E-state index in [2.05, 4.69) is 5.32 Å². The molecule has 1 aromatic rings. The van der Waals surface area contributed by atoms with E-state index in [-0.39, 0.29) is 6.54 Å². The summed E-state index contributed by atoms with van der Waals surface area (Å²) in [5.74, 6) is -1.01. The van der Waals surface area contributed by atoms with Crippen LogP contribution in [0.1, 0.15) is 27.6 Å². The number of carboxylic acid groups (broad SMARTS) is 1. The zero-order chi connectivity index (χ0) is 17.9. The fourth-order valence-corrected chi connectivity index (χ4v) is 2.33. The smallest absolute Gasteiger partial charge is 0.346 e. The lowest BCUT2D eigenvalue weighted by Crippen LogP contribution is -2.51. The molecular weight excluding hydrogens is 312 g/mol. The summed E-state index contributed by atoms with van der Waals surface area (Å²) in [5, 5.41) is 11.4. The van der Waals surface area contributed by atoms with Gasteiger partial charge in [-0.3, -0.25) is 19.3 Å². The molecule has 0 saturated heterocycles. The number of carboxylic acids is 1. The topological polar surface area (TPSA) is 104 Å². The average molecular weight is 326 g/mol. The Morgan fingerprint density at radius 3 is 2.25 bits per heavy atom. The van der Waals surface area contributed by atoms with Crippen molar-refractivity contribution in [1.82, 2.24) is 10.2 Å². The lowest BCUT2D eigenvalue weighted by atomic mass is 10.00. The van der Waals surface area contributed by atoms with Gasteiger partial charge in [0, 0.05) is 13.5 Å². The highest BCUT2D eigenvalue weighted by Crippen LogP contribution is 2.22. The molecule has 2 rings (SSSR count). The Hall–Kier alpha value is -3.40. The molecule has 1 heterocycles. The molecule has 7 nitrogen and oxygen atoms in total. The van der Waals surface area contributed by atoms with Gasteiger partial charge in [-0.05, 0) is 18.2 Å². The van der Waals surface area contributed by atoms with Crippen LogP contribution in [-0.4, -0.2) is 45.8 Å². The number of amides is 3. The van der Waals surface area contributed by atoms with Crippen molar-refractivity contribution in [3.05, 3.63) is 47.5 Å². The Morgan fingerprint density at radius 1 is 1.29 bits per heavy atom. The second-order valence-corrected chi connectivity index (χ2v) is 5.11. The van der Waals surface area contributed by atoms with Gasteiger partial charge in [-0.2, -0.15) is 0 Å². The van der Waals surface area contributed by atoms with Crippen molar-refractivity contribution in [2.75, 3.05) is 6.54 Å². The number of aliphatic carboxylic acids is 1. The molecule has 7 heteroatoms. The normalized spacial score (nSPS) is 15.8. The molecule has 3 amide bonds. The van der Waals surface area contributed by atoms with Gasteiger partial charge in [-0.15, -0.1) is 6.42 Å². The molecule has 0 saturated carbocycles. The molecule has 0 fully saturated rings. The molecule has 1 aliphatic heterocycles. The first-order valence-corrected chi connectivity index (χ1v) is 6.95. The first kappa shape index (κ1) is 17.0. The summed E-state index contributed by atoms with van der Waals surface area (Å²) in [6.45, 7) is 0.968. The Balaban J connectivity index is 2.21. The highest BCUT2D eigenvalue weighted by atomic mass is 16.4. The van der Waals surface area contributed by atoms with Crippen LogP contribution in [0.2, 0.25) is 0 Å². The number of hydrogen-bond donors (Lipinski definition) is 2. The van der Waals surface area contributed by atoms with Gasteiger partial charge in [0.05, 0.1) is 11.1 Å². The molecule has 122 valence electrons. The number of carbonyl (C=O) groups excluding carboxylic acids is 3. The summed E-state index contributed by atoms with van der Waals surface area (Å²) in [6.07, 6.45) is 7.57. The molecule has 0 radical (unpaired) electrons. The number of nitrogens with zero attached hydrogens (tertiary/aromatic N) is 1. The molecule has 0 aliphatic carbocycles. The Kier molecular flexibility index (Phi) is 4.51. The minimum Gasteiger partial charge on any atom is -0.479 e. The number of nitrogens with one attached hydrogen (secondary N) is 1. The third-order valence-electron chi connectivity index (χ3n) is 3.47. The maximum Gasteiger partial charge on any atom is 0.346 e. The van der Waals surface area contributed by atoms with Gasteiger partial charge in [-0.25, -0.2) is 4.79 Å². The van der Waals surface area contributed by atoms with Crippen molar-refractivity contribution in [1.29, 1.82) is 0 Å². The second-order valence-electron chi connectivity index (χ2n) is 5.11. The molecule has 0 aromatic heterocycles. The predicted octanol–water partition coefficient (Wildman–Crippen LogP) is 0.431. The van der Waals surface area contributed by atoms with Gasteiger partial charge in [0.1, 0.15) is 0 Å². The summed E-state index contributed by atoms with van der Waals surface area (Å²) in [4.78, 5) is 47.9. The monoisotopic (exact) mass is 326 g/mol. The van der Waals surface area contributed by atoms with Gasteiger partial charge >= 0.3 is 5.97 Å². The summed E-state index contributed by atoms with van der Waals surface area (Å²) in [5.41, 5.74) is -1.46. The van der Waals surface area contributed by atoms with Gasteiger partial charge in [0.2, 0.25) is 11.4 Å². The van der Waals surface area contributed by atoms with E-state index in [0.29, 0.717) is 11.1 Å². The summed E-state index contributed by atoms with van der Waals surface area (Å²) >= 11 is 0. The van der Waals surface area contributed by atoms with E-state index in [1.807, 2.05) is 5.92 Å². The van der Waals surface area contributed by atoms with Crippen LogP contribution in [0.4, 0.5) is 0 Å². The van der Waals surface area contributed by atoms with Crippen LogP contribution >= 0.6 is 0 Å². The van der Waals surface area contributed by atoms with Crippen LogP contribution in [-0.2, 0) is 9.59 Å². The maximum absolute atomic E-state index is 12.2. The predicted molar refractivity (Wildman–Crippen MR) is 84.0 cm³/mol. The minimum atomic E-state index is -2.04. The van der Waals surface area contributed by atoms with E-state index >= 15 is 0 Å². The standard InChI is InChI=1S/C17H14N2O5/c1-3-17(16(23)24,18-11(2)20)9-6-10-19-14(21)12-7-4-5-8-13(12)15(19)22/h1,4-9H,10H2,2H3,(H,18,20)(H,23,24). The Labute approximate surface area is 137 Å². The number of carbonyl (C=O) groups is 4. The largest absolute Gasteiger partial charge is 0.479 e. The molecule has 1 atom stereocenters. The first-order chi connectivity index (χ1) is 11.3. The zero-order valence-electron chi connectivity index (χ0n) is 12.8. The number of hydrogen-bond acceptors (Lipinski definition) is 4. The summed E-state index contributed by atoms with van der Waals surface area (Å²) in [6, 6.07) is 6.38. The van der Waals surface area contributed by atoms with E-state index in [0.717, 1.165) is 17.9 Å². The highest BCUT2D eigenvalue weighted by Gasteiger charge is 2.36. The van der Waals surface area contributed by atoms with Gasteiger partial charge in [0.25, 0.3) is 11.8 Å².